The third-order valence-electron chi connectivity index (χ3n) is 2.23. The molecule has 88 valence electrons. The van der Waals surface area contributed by atoms with Crippen LogP contribution in [0.1, 0.15) is 29.8 Å². The highest BCUT2D eigenvalue weighted by Crippen LogP contribution is 2.26. The molecule has 1 aromatic carbocycles. The molecule has 0 aliphatic heterocycles. The second-order valence-electron chi connectivity index (χ2n) is 4.34. The van der Waals surface area contributed by atoms with E-state index in [4.69, 9.17) is 10.5 Å². The first-order chi connectivity index (χ1) is 7.35. The summed E-state index contributed by atoms with van der Waals surface area (Å²) in [5.74, 6) is 0.0524. The molecule has 4 nitrogen and oxygen atoms in total. The second kappa shape index (κ2) is 4.53. The first-order valence-corrected chi connectivity index (χ1v) is 5.03. The number of carbonyl (C=O) groups is 1. The van der Waals surface area contributed by atoms with E-state index in [0.717, 1.165) is 0 Å². The van der Waals surface area contributed by atoms with E-state index in [-0.39, 0.29) is 0 Å². The molecule has 4 heteroatoms. The van der Waals surface area contributed by atoms with Gasteiger partial charge in [-0.2, -0.15) is 0 Å². The summed E-state index contributed by atoms with van der Waals surface area (Å²) in [7, 11) is 1.52. The number of ether oxygens (including phenoxy) is 1. The first-order valence-electron chi connectivity index (χ1n) is 5.03. The van der Waals surface area contributed by atoms with E-state index >= 15 is 0 Å². The molecule has 0 fully saturated rings. The van der Waals surface area contributed by atoms with Crippen LogP contribution in [0.25, 0.3) is 0 Å². The number of aliphatic hydroxyl groups is 1. The highest BCUT2D eigenvalue weighted by atomic mass is 16.5. The van der Waals surface area contributed by atoms with Crippen molar-refractivity contribution in [3.63, 3.8) is 0 Å². The van der Waals surface area contributed by atoms with Gasteiger partial charge in [-0.3, -0.25) is 4.79 Å². The van der Waals surface area contributed by atoms with Gasteiger partial charge in [0.2, 0.25) is 5.91 Å². The lowest BCUT2D eigenvalue weighted by Gasteiger charge is -2.20. The maximum absolute atomic E-state index is 11.3. The van der Waals surface area contributed by atoms with Crippen molar-refractivity contribution in [2.24, 2.45) is 5.73 Å². The molecule has 0 aliphatic carbocycles. The van der Waals surface area contributed by atoms with Crippen LogP contribution in [-0.4, -0.2) is 23.7 Å². The Morgan fingerprint density at radius 2 is 2.12 bits per heavy atom. The Labute approximate surface area is 95.0 Å². The Balaban J connectivity index is 3.25. The number of carbonyl (C=O) groups excluding carboxylic acids is 1. The van der Waals surface area contributed by atoms with Crippen molar-refractivity contribution in [2.75, 3.05) is 7.11 Å². The standard InChI is InChI=1S/C12H17NO3/c1-12(2,15)7-9-8(11(13)14)5-4-6-10(9)16-3/h4-6,15H,7H2,1-3H3,(H2,13,14). The van der Waals surface area contributed by atoms with E-state index in [1.165, 1.54) is 7.11 Å². The fourth-order valence-corrected chi connectivity index (χ4v) is 1.60. The molecule has 0 unspecified atom stereocenters. The normalized spacial score (nSPS) is 11.2. The van der Waals surface area contributed by atoms with Gasteiger partial charge in [0.1, 0.15) is 5.75 Å². The third kappa shape index (κ3) is 2.97. The predicted molar refractivity (Wildman–Crippen MR) is 61.5 cm³/mol. The lowest BCUT2D eigenvalue weighted by molar-refractivity contribution is 0.0797. The monoisotopic (exact) mass is 223 g/mol. The van der Waals surface area contributed by atoms with Crippen LogP contribution >= 0.6 is 0 Å². The van der Waals surface area contributed by atoms with Gasteiger partial charge in [-0.25, -0.2) is 0 Å². The van der Waals surface area contributed by atoms with Gasteiger partial charge in [0.05, 0.1) is 12.7 Å². The maximum atomic E-state index is 11.3. The van der Waals surface area contributed by atoms with Crippen molar-refractivity contribution in [1.82, 2.24) is 0 Å². The van der Waals surface area contributed by atoms with Crippen molar-refractivity contribution in [1.29, 1.82) is 0 Å². The summed E-state index contributed by atoms with van der Waals surface area (Å²) in [5, 5.41) is 9.79. The zero-order valence-corrected chi connectivity index (χ0v) is 9.78. The smallest absolute Gasteiger partial charge is 0.249 e. The van der Waals surface area contributed by atoms with Crippen LogP contribution in [0.3, 0.4) is 0 Å². The molecule has 0 saturated carbocycles. The number of nitrogens with two attached hydrogens (primary N) is 1. The highest BCUT2D eigenvalue weighted by molar-refractivity contribution is 5.95. The van der Waals surface area contributed by atoms with Crippen LogP contribution in [0, 0.1) is 0 Å². The zero-order valence-electron chi connectivity index (χ0n) is 9.78. The number of amides is 1. The summed E-state index contributed by atoms with van der Waals surface area (Å²) in [6.45, 7) is 3.34. The van der Waals surface area contributed by atoms with Gasteiger partial charge >= 0.3 is 0 Å². The Bertz CT molecular complexity index is 394. The summed E-state index contributed by atoms with van der Waals surface area (Å²) >= 11 is 0. The van der Waals surface area contributed by atoms with Crippen LogP contribution in [0.2, 0.25) is 0 Å². The van der Waals surface area contributed by atoms with E-state index in [1.54, 1.807) is 32.0 Å². The van der Waals surface area contributed by atoms with Gasteiger partial charge in [-0.15, -0.1) is 0 Å². The van der Waals surface area contributed by atoms with Crippen molar-refractivity contribution in [3.05, 3.63) is 29.3 Å². The Morgan fingerprint density at radius 3 is 2.56 bits per heavy atom. The Morgan fingerprint density at radius 1 is 1.50 bits per heavy atom. The number of benzene rings is 1. The molecule has 0 aromatic heterocycles. The molecule has 16 heavy (non-hydrogen) atoms. The molecule has 0 saturated heterocycles. The zero-order chi connectivity index (χ0) is 12.3. The fourth-order valence-electron chi connectivity index (χ4n) is 1.60. The van der Waals surface area contributed by atoms with E-state index in [9.17, 15) is 9.90 Å². The minimum absolute atomic E-state index is 0.315. The summed E-state index contributed by atoms with van der Waals surface area (Å²) in [5.41, 5.74) is 5.40. The molecule has 1 amide bonds. The van der Waals surface area contributed by atoms with Gasteiger partial charge < -0.3 is 15.6 Å². The molecule has 0 bridgehead atoms. The number of rotatable bonds is 4. The van der Waals surface area contributed by atoms with Crippen LogP contribution in [0.15, 0.2) is 18.2 Å². The Hall–Kier alpha value is -1.55. The minimum atomic E-state index is -0.918. The van der Waals surface area contributed by atoms with Crippen LogP contribution in [0.5, 0.6) is 5.75 Å². The average Bonchev–Trinajstić information content (AvgIpc) is 2.15. The molecule has 0 spiro atoms. The van der Waals surface area contributed by atoms with E-state index in [2.05, 4.69) is 0 Å². The number of methoxy groups -OCH3 is 1. The van der Waals surface area contributed by atoms with Crippen LogP contribution in [-0.2, 0) is 6.42 Å². The minimum Gasteiger partial charge on any atom is -0.496 e. The van der Waals surface area contributed by atoms with Gasteiger partial charge in [0.25, 0.3) is 0 Å². The van der Waals surface area contributed by atoms with E-state index in [1.807, 2.05) is 0 Å². The summed E-state index contributed by atoms with van der Waals surface area (Å²) in [6.07, 6.45) is 0.315. The van der Waals surface area contributed by atoms with Gasteiger partial charge in [-0.05, 0) is 26.0 Å². The average molecular weight is 223 g/mol. The summed E-state index contributed by atoms with van der Waals surface area (Å²) in [4.78, 5) is 11.3. The van der Waals surface area contributed by atoms with E-state index in [0.29, 0.717) is 23.3 Å². The van der Waals surface area contributed by atoms with Crippen molar-refractivity contribution >= 4 is 5.91 Å². The number of hydrogen-bond acceptors (Lipinski definition) is 3. The van der Waals surface area contributed by atoms with Gasteiger partial charge in [-0.1, -0.05) is 6.07 Å². The maximum Gasteiger partial charge on any atom is 0.249 e. The third-order valence-corrected chi connectivity index (χ3v) is 2.23. The summed E-state index contributed by atoms with van der Waals surface area (Å²) in [6, 6.07) is 5.08. The molecule has 3 N–H and O–H groups in total. The lowest BCUT2D eigenvalue weighted by atomic mass is 9.93. The van der Waals surface area contributed by atoms with Crippen LogP contribution < -0.4 is 10.5 Å². The predicted octanol–water partition coefficient (Wildman–Crippen LogP) is 1.11. The van der Waals surface area contributed by atoms with Gasteiger partial charge in [0, 0.05) is 17.5 Å². The van der Waals surface area contributed by atoms with Crippen molar-refractivity contribution in [2.45, 2.75) is 25.9 Å². The molecular formula is C12H17NO3. The molecule has 0 heterocycles. The fraction of sp³-hybridized carbons (Fsp3) is 0.417. The van der Waals surface area contributed by atoms with Gasteiger partial charge in [0.15, 0.2) is 0 Å². The number of primary amides is 1. The molecule has 1 aromatic rings. The molecule has 1 rings (SSSR count). The van der Waals surface area contributed by atoms with Crippen molar-refractivity contribution < 1.29 is 14.6 Å². The summed E-state index contributed by atoms with van der Waals surface area (Å²) < 4.78 is 5.16. The molecular weight excluding hydrogens is 206 g/mol. The topological polar surface area (TPSA) is 72.5 Å². The second-order valence-corrected chi connectivity index (χ2v) is 4.34. The SMILES string of the molecule is COc1cccc(C(N)=O)c1CC(C)(C)O. The van der Waals surface area contributed by atoms with Crippen LogP contribution in [0.4, 0.5) is 0 Å². The molecule has 0 atom stereocenters. The molecule has 0 aliphatic rings. The lowest BCUT2D eigenvalue weighted by Crippen LogP contribution is -2.25. The highest BCUT2D eigenvalue weighted by Gasteiger charge is 2.21. The quantitative estimate of drug-likeness (QED) is 0.803. The largest absolute Gasteiger partial charge is 0.496 e. The molecule has 0 radical (unpaired) electrons. The first kappa shape index (κ1) is 12.5. The van der Waals surface area contributed by atoms with Crippen molar-refractivity contribution in [3.8, 4) is 5.75 Å². The van der Waals surface area contributed by atoms with E-state index < -0.39 is 11.5 Å². The Kier molecular flexibility index (Phi) is 3.55. The number of hydrogen-bond donors (Lipinski definition) is 2.